The molecule has 4 nitrogen and oxygen atoms in total. The van der Waals surface area contributed by atoms with E-state index in [-0.39, 0.29) is 6.04 Å². The van der Waals surface area contributed by atoms with Gasteiger partial charge in [-0.3, -0.25) is 0 Å². The maximum atomic E-state index is 5.69. The summed E-state index contributed by atoms with van der Waals surface area (Å²) >= 11 is 0. The summed E-state index contributed by atoms with van der Waals surface area (Å²) in [6, 6.07) is 1.87. The van der Waals surface area contributed by atoms with E-state index in [0.717, 1.165) is 37.5 Å². The highest BCUT2D eigenvalue weighted by atomic mass is 16.5. The van der Waals surface area contributed by atoms with Crippen LogP contribution >= 0.6 is 0 Å². The Bertz CT molecular complexity index is 290. The summed E-state index contributed by atoms with van der Waals surface area (Å²) in [5, 5.41) is 4.03. The average molecular weight is 196 g/mol. The molecule has 0 aromatic carbocycles. The van der Waals surface area contributed by atoms with Crippen molar-refractivity contribution in [2.75, 3.05) is 13.2 Å². The molecule has 1 fully saturated rings. The summed E-state index contributed by atoms with van der Waals surface area (Å²) in [6.45, 7) is 3.51. The Hall–Kier alpha value is -0.870. The van der Waals surface area contributed by atoms with Crippen molar-refractivity contribution in [2.45, 2.75) is 31.7 Å². The summed E-state index contributed by atoms with van der Waals surface area (Å²) < 4.78 is 10.5. The lowest BCUT2D eigenvalue weighted by Gasteiger charge is -2.19. The minimum atomic E-state index is -0.0826. The van der Waals surface area contributed by atoms with Gasteiger partial charge in [-0.15, -0.1) is 0 Å². The molecule has 1 aromatic rings. The standard InChI is InChI=1S/C10H16N2O2/c1-7(11)10-5-9(12-14-10)8-3-2-4-13-6-8/h5,7-8H,2-4,6,11H2,1H3. The van der Waals surface area contributed by atoms with Crippen molar-refractivity contribution >= 4 is 0 Å². The Kier molecular flexibility index (Phi) is 2.84. The Morgan fingerprint density at radius 2 is 2.50 bits per heavy atom. The van der Waals surface area contributed by atoms with Gasteiger partial charge in [0, 0.05) is 18.6 Å². The number of aromatic nitrogens is 1. The number of hydrogen-bond acceptors (Lipinski definition) is 4. The third kappa shape index (κ3) is 1.96. The van der Waals surface area contributed by atoms with E-state index in [4.69, 9.17) is 15.0 Å². The van der Waals surface area contributed by atoms with E-state index < -0.39 is 0 Å². The molecule has 2 unspecified atom stereocenters. The number of nitrogens with two attached hydrogens (primary N) is 1. The van der Waals surface area contributed by atoms with Gasteiger partial charge < -0.3 is 15.0 Å². The molecule has 2 heterocycles. The van der Waals surface area contributed by atoms with Gasteiger partial charge in [0.15, 0.2) is 5.76 Å². The van der Waals surface area contributed by atoms with Gasteiger partial charge in [-0.1, -0.05) is 5.16 Å². The molecule has 0 spiro atoms. The van der Waals surface area contributed by atoms with Crippen LogP contribution in [0.15, 0.2) is 10.6 Å². The van der Waals surface area contributed by atoms with E-state index in [0.29, 0.717) is 5.92 Å². The maximum absolute atomic E-state index is 5.69. The van der Waals surface area contributed by atoms with Crippen LogP contribution in [0.1, 0.15) is 43.2 Å². The Morgan fingerprint density at radius 3 is 3.07 bits per heavy atom. The van der Waals surface area contributed by atoms with Crippen molar-refractivity contribution < 1.29 is 9.26 Å². The minimum Gasteiger partial charge on any atom is -0.381 e. The van der Waals surface area contributed by atoms with Gasteiger partial charge in [-0.05, 0) is 19.8 Å². The number of ether oxygens (including phenoxy) is 1. The zero-order valence-corrected chi connectivity index (χ0v) is 8.40. The van der Waals surface area contributed by atoms with Gasteiger partial charge in [0.05, 0.1) is 18.3 Å². The van der Waals surface area contributed by atoms with Crippen molar-refractivity contribution in [1.82, 2.24) is 5.16 Å². The number of hydrogen-bond donors (Lipinski definition) is 1. The lowest BCUT2D eigenvalue weighted by molar-refractivity contribution is 0.0783. The quantitative estimate of drug-likeness (QED) is 0.780. The van der Waals surface area contributed by atoms with E-state index in [2.05, 4.69) is 5.16 Å². The van der Waals surface area contributed by atoms with E-state index in [1.807, 2.05) is 13.0 Å². The third-order valence-corrected chi connectivity index (χ3v) is 2.57. The molecular formula is C10H16N2O2. The Labute approximate surface area is 83.4 Å². The molecule has 0 aliphatic carbocycles. The maximum Gasteiger partial charge on any atom is 0.153 e. The van der Waals surface area contributed by atoms with Crippen LogP contribution in [-0.4, -0.2) is 18.4 Å². The Balaban J connectivity index is 2.07. The van der Waals surface area contributed by atoms with Gasteiger partial charge in [0.2, 0.25) is 0 Å². The van der Waals surface area contributed by atoms with Crippen LogP contribution in [0.3, 0.4) is 0 Å². The highest BCUT2D eigenvalue weighted by molar-refractivity contribution is 5.13. The second kappa shape index (κ2) is 4.11. The van der Waals surface area contributed by atoms with Crippen LogP contribution in [-0.2, 0) is 4.74 Å². The van der Waals surface area contributed by atoms with E-state index in [1.165, 1.54) is 0 Å². The molecule has 0 saturated carbocycles. The monoisotopic (exact) mass is 196 g/mol. The zero-order valence-electron chi connectivity index (χ0n) is 8.40. The lowest BCUT2D eigenvalue weighted by Crippen LogP contribution is -2.15. The number of nitrogens with zero attached hydrogens (tertiary/aromatic N) is 1. The second-order valence-corrected chi connectivity index (χ2v) is 3.86. The Morgan fingerprint density at radius 1 is 1.64 bits per heavy atom. The minimum absolute atomic E-state index is 0.0826. The van der Waals surface area contributed by atoms with Crippen molar-refractivity contribution in [2.24, 2.45) is 5.73 Å². The molecule has 4 heteroatoms. The molecule has 1 saturated heterocycles. The average Bonchev–Trinajstić information content (AvgIpc) is 2.68. The van der Waals surface area contributed by atoms with Crippen LogP contribution in [0.2, 0.25) is 0 Å². The third-order valence-electron chi connectivity index (χ3n) is 2.57. The largest absolute Gasteiger partial charge is 0.381 e. The SMILES string of the molecule is CC(N)c1cc(C2CCCOC2)no1. The molecule has 1 aliphatic rings. The molecule has 2 N–H and O–H groups in total. The fraction of sp³-hybridized carbons (Fsp3) is 0.700. The summed E-state index contributed by atoms with van der Waals surface area (Å²) in [6.07, 6.45) is 2.23. The fourth-order valence-electron chi connectivity index (χ4n) is 1.68. The first-order valence-electron chi connectivity index (χ1n) is 5.07. The molecule has 1 aromatic heterocycles. The van der Waals surface area contributed by atoms with Gasteiger partial charge in [0.25, 0.3) is 0 Å². The van der Waals surface area contributed by atoms with Gasteiger partial charge >= 0.3 is 0 Å². The summed E-state index contributed by atoms with van der Waals surface area (Å²) in [5.74, 6) is 1.14. The van der Waals surface area contributed by atoms with Crippen molar-refractivity contribution in [3.63, 3.8) is 0 Å². The van der Waals surface area contributed by atoms with E-state index >= 15 is 0 Å². The van der Waals surface area contributed by atoms with Gasteiger partial charge in [0.1, 0.15) is 0 Å². The predicted octanol–water partition coefficient (Wildman–Crippen LogP) is 1.59. The first-order chi connectivity index (χ1) is 6.77. The van der Waals surface area contributed by atoms with E-state index in [9.17, 15) is 0 Å². The van der Waals surface area contributed by atoms with Gasteiger partial charge in [-0.25, -0.2) is 0 Å². The van der Waals surface area contributed by atoms with Crippen LogP contribution in [0.4, 0.5) is 0 Å². The molecule has 14 heavy (non-hydrogen) atoms. The molecule has 1 aliphatic heterocycles. The summed E-state index contributed by atoms with van der Waals surface area (Å²) in [4.78, 5) is 0. The first-order valence-corrected chi connectivity index (χ1v) is 5.07. The van der Waals surface area contributed by atoms with Gasteiger partial charge in [-0.2, -0.15) is 0 Å². The van der Waals surface area contributed by atoms with Crippen molar-refractivity contribution in [3.05, 3.63) is 17.5 Å². The van der Waals surface area contributed by atoms with Crippen molar-refractivity contribution in [1.29, 1.82) is 0 Å². The molecule has 2 atom stereocenters. The number of rotatable bonds is 2. The molecule has 0 bridgehead atoms. The highest BCUT2D eigenvalue weighted by Crippen LogP contribution is 2.25. The molecular weight excluding hydrogens is 180 g/mol. The van der Waals surface area contributed by atoms with Crippen LogP contribution in [0.5, 0.6) is 0 Å². The van der Waals surface area contributed by atoms with Crippen LogP contribution in [0, 0.1) is 0 Å². The molecule has 0 amide bonds. The van der Waals surface area contributed by atoms with Crippen LogP contribution in [0.25, 0.3) is 0 Å². The first kappa shape index (κ1) is 9.68. The smallest absolute Gasteiger partial charge is 0.153 e. The zero-order chi connectivity index (χ0) is 9.97. The fourth-order valence-corrected chi connectivity index (χ4v) is 1.68. The summed E-state index contributed by atoms with van der Waals surface area (Å²) in [5.41, 5.74) is 6.67. The molecule has 2 rings (SSSR count). The lowest BCUT2D eigenvalue weighted by atomic mass is 9.98. The predicted molar refractivity (Wildman–Crippen MR) is 51.9 cm³/mol. The van der Waals surface area contributed by atoms with E-state index in [1.54, 1.807) is 0 Å². The highest BCUT2D eigenvalue weighted by Gasteiger charge is 2.20. The molecule has 0 radical (unpaired) electrons. The normalized spacial score (nSPS) is 24.9. The topological polar surface area (TPSA) is 61.3 Å². The molecule has 78 valence electrons. The van der Waals surface area contributed by atoms with Crippen LogP contribution < -0.4 is 5.73 Å². The summed E-state index contributed by atoms with van der Waals surface area (Å²) in [7, 11) is 0. The second-order valence-electron chi connectivity index (χ2n) is 3.86. The van der Waals surface area contributed by atoms with Crippen molar-refractivity contribution in [3.8, 4) is 0 Å².